The summed E-state index contributed by atoms with van der Waals surface area (Å²) in [6, 6.07) is 26.5. The molecule has 5 aromatic heterocycles. The standard InChI is InChI=1S/C15H14FNO4.C14H16FNO2.C12H14FNO.C12H12FNO.C8H6FN.C6H8O4.C2H3N.C2H4O/c1-15(2)20-13(18)11(14(19)21-15)5-8-7-17-12-4-3-9(16)6-10(8)12;1-3-18-14(17)6-9(2)12-8-16-13-5-4-10(15)7-11(12)13;2*1-8(4-5-15)11-7-14-12-3-2-9(13)6-10(11)12;9-7-1-2-8-6(5-7)3-4-10-8;1-6(2)9-4(7)3-5(8)10-6;2*1-2-3/h3-4,6-7,11,17H,5H2,1-2H3;4-5,7-9,16H,3,6H2,1-2H3;2-3,6-8,14-15H,4-5H2,1H3;2-3,5-8,14H,4H2,1H3;1-5,10H;3H2,1-2H3;1H3;2H,1H3. The Labute approximate surface area is 544 Å². The third-order valence-electron chi connectivity index (χ3n) is 14.3. The number of fused-ring (bicyclic) bond motifs is 5. The normalized spacial score (nSPS) is 14.4. The highest BCUT2D eigenvalue weighted by atomic mass is 19.1. The molecule has 95 heavy (non-hydrogen) atoms. The lowest BCUT2D eigenvalue weighted by atomic mass is 9.97. The first-order valence-corrected chi connectivity index (χ1v) is 30.2. The number of H-pyrrole nitrogens is 5. The lowest BCUT2D eigenvalue weighted by Gasteiger charge is -2.32. The van der Waals surface area contributed by atoms with E-state index in [9.17, 15) is 50.7 Å². The van der Waals surface area contributed by atoms with Crippen LogP contribution < -0.4 is 0 Å². The number of benzene rings is 5. The summed E-state index contributed by atoms with van der Waals surface area (Å²) < 4.78 is 89.6. The maximum Gasteiger partial charge on any atom is 0.323 e. The number of halogens is 5. The molecule has 0 saturated carbocycles. The fourth-order valence-electron chi connectivity index (χ4n) is 10.00. The molecule has 2 fully saturated rings. The van der Waals surface area contributed by atoms with E-state index in [-0.39, 0.29) is 72.3 Å². The summed E-state index contributed by atoms with van der Waals surface area (Å²) in [5.41, 5.74) is 8.11. The molecule has 19 nitrogen and oxygen atoms in total. The first kappa shape index (κ1) is 75.3. The van der Waals surface area contributed by atoms with Gasteiger partial charge >= 0.3 is 29.8 Å². The fourth-order valence-corrected chi connectivity index (χ4v) is 10.00. The van der Waals surface area contributed by atoms with Gasteiger partial charge < -0.3 is 63.3 Å². The Kier molecular flexibility index (Phi) is 28.2. The second-order valence-corrected chi connectivity index (χ2v) is 22.6. The number of nitriles is 1. The number of ether oxygens (including phenoxy) is 5. The van der Waals surface area contributed by atoms with Gasteiger partial charge in [0.15, 0.2) is 5.92 Å². The van der Waals surface area contributed by atoms with Crippen LogP contribution in [0.15, 0.2) is 128 Å². The quantitative estimate of drug-likeness (QED) is 0.0218. The summed E-state index contributed by atoms with van der Waals surface area (Å²) in [5, 5.41) is 20.4. The third kappa shape index (κ3) is 22.4. The Balaban J connectivity index is 0.000000206. The van der Waals surface area contributed by atoms with E-state index in [1.165, 1.54) is 102 Å². The molecule has 6 N–H and O–H groups in total. The number of aromatic nitrogens is 5. The van der Waals surface area contributed by atoms with Crippen LogP contribution in [0.1, 0.15) is 135 Å². The van der Waals surface area contributed by atoms with Gasteiger partial charge in [0, 0.05) is 133 Å². The molecule has 0 aliphatic carbocycles. The summed E-state index contributed by atoms with van der Waals surface area (Å²) in [4.78, 5) is 90.9. The van der Waals surface area contributed by atoms with E-state index in [1.807, 2.05) is 45.4 Å². The van der Waals surface area contributed by atoms with Crippen LogP contribution in [0.25, 0.3) is 54.5 Å². The van der Waals surface area contributed by atoms with E-state index in [0.717, 1.165) is 78.4 Å². The molecule has 10 aromatic rings. The monoisotopic (exact) mass is 1320 g/mol. The zero-order valence-corrected chi connectivity index (χ0v) is 54.2. The van der Waals surface area contributed by atoms with Gasteiger partial charge in [0.25, 0.3) is 11.6 Å². The van der Waals surface area contributed by atoms with Gasteiger partial charge in [-0.05, 0) is 164 Å². The highest BCUT2D eigenvalue weighted by molar-refractivity contribution is 5.98. The zero-order chi connectivity index (χ0) is 70.2. The number of carbonyl (C=O) groups excluding carboxylic acids is 7. The van der Waals surface area contributed by atoms with Crippen molar-refractivity contribution in [2.75, 3.05) is 13.2 Å². The number of cyclic esters (lactones) is 4. The van der Waals surface area contributed by atoms with Crippen molar-refractivity contribution in [1.82, 2.24) is 24.9 Å². The van der Waals surface area contributed by atoms with Crippen molar-refractivity contribution in [3.05, 3.63) is 179 Å². The summed E-state index contributed by atoms with van der Waals surface area (Å²) >= 11 is 0. The molecule has 24 heteroatoms. The fraction of sp³-hybridized carbons (Fsp3) is 0.324. The van der Waals surface area contributed by atoms with Crippen LogP contribution >= 0.6 is 0 Å². The van der Waals surface area contributed by atoms with Gasteiger partial charge in [0.1, 0.15) is 48.1 Å². The molecule has 2 saturated heterocycles. The van der Waals surface area contributed by atoms with E-state index >= 15 is 0 Å². The van der Waals surface area contributed by atoms with E-state index in [4.69, 9.17) is 29.4 Å². The Hall–Kier alpha value is -10.4. The van der Waals surface area contributed by atoms with Crippen molar-refractivity contribution < 1.29 is 84.3 Å². The number of carbonyl (C=O) groups is 7. The molecule has 0 amide bonds. The number of nitrogens with zero attached hydrogens (tertiary/aromatic N) is 1. The van der Waals surface area contributed by atoms with Crippen molar-refractivity contribution in [3.63, 3.8) is 0 Å². The van der Waals surface area contributed by atoms with Crippen molar-refractivity contribution in [2.24, 2.45) is 5.92 Å². The minimum atomic E-state index is -1.24. The first-order valence-electron chi connectivity index (χ1n) is 30.2. The van der Waals surface area contributed by atoms with Gasteiger partial charge in [-0.3, -0.25) is 24.0 Å². The molecule has 2 aliphatic rings. The number of aliphatic hydroxyl groups excluding tert-OH is 1. The van der Waals surface area contributed by atoms with Crippen molar-refractivity contribution in [3.8, 4) is 6.07 Å². The van der Waals surface area contributed by atoms with Gasteiger partial charge in [-0.2, -0.15) is 5.26 Å². The molecule has 5 aromatic carbocycles. The van der Waals surface area contributed by atoms with E-state index in [2.05, 4.69) is 34.4 Å². The molecule has 3 atom stereocenters. The molecule has 0 bridgehead atoms. The van der Waals surface area contributed by atoms with Crippen molar-refractivity contribution in [2.45, 2.75) is 131 Å². The maximum absolute atomic E-state index is 13.3. The summed E-state index contributed by atoms with van der Waals surface area (Å²) in [6.07, 6.45) is 12.0. The predicted octanol–water partition coefficient (Wildman–Crippen LogP) is 14.7. The van der Waals surface area contributed by atoms with Crippen LogP contribution in [0.4, 0.5) is 22.0 Å². The van der Waals surface area contributed by atoms with E-state index in [1.54, 1.807) is 55.7 Å². The summed E-state index contributed by atoms with van der Waals surface area (Å²) in [7, 11) is 0. The number of hydrogen-bond acceptors (Lipinski definition) is 14. The molecular weight excluding hydrogens is 1240 g/mol. The van der Waals surface area contributed by atoms with Crippen LogP contribution in [-0.2, 0) is 63.7 Å². The minimum Gasteiger partial charge on any atom is -0.466 e. The highest BCUT2D eigenvalue weighted by Crippen LogP contribution is 2.32. The largest absolute Gasteiger partial charge is 0.466 e. The smallest absolute Gasteiger partial charge is 0.323 e. The predicted molar refractivity (Wildman–Crippen MR) is 348 cm³/mol. The Morgan fingerprint density at radius 2 is 1.00 bits per heavy atom. The molecular formula is C71H77F5N6O13. The number of hydrogen-bond donors (Lipinski definition) is 6. The second-order valence-electron chi connectivity index (χ2n) is 22.6. The van der Waals surface area contributed by atoms with Crippen LogP contribution in [0.5, 0.6) is 0 Å². The van der Waals surface area contributed by atoms with Crippen LogP contribution in [0.2, 0.25) is 0 Å². The van der Waals surface area contributed by atoms with E-state index < -0.39 is 41.4 Å². The van der Waals surface area contributed by atoms with Gasteiger partial charge in [0.2, 0.25) is 0 Å². The second kappa shape index (κ2) is 35.6. The Bertz CT molecular complexity index is 4230. The molecule has 3 unspecified atom stereocenters. The molecule has 504 valence electrons. The number of aldehydes is 2. The Morgan fingerprint density at radius 1 is 0.611 bits per heavy atom. The van der Waals surface area contributed by atoms with E-state index in [0.29, 0.717) is 36.8 Å². The first-order chi connectivity index (χ1) is 45.1. The van der Waals surface area contributed by atoms with Crippen LogP contribution in [0, 0.1) is 46.3 Å². The minimum absolute atomic E-state index is 0.000370. The highest BCUT2D eigenvalue weighted by Gasteiger charge is 2.43. The molecule has 0 radical (unpaired) electrons. The summed E-state index contributed by atoms with van der Waals surface area (Å²) in [6.45, 7) is 17.2. The lowest BCUT2D eigenvalue weighted by molar-refractivity contribution is -0.240. The van der Waals surface area contributed by atoms with Gasteiger partial charge in [-0.15, -0.1) is 0 Å². The van der Waals surface area contributed by atoms with Gasteiger partial charge in [-0.1, -0.05) is 20.8 Å². The number of aliphatic hydroxyl groups is 1. The van der Waals surface area contributed by atoms with Crippen molar-refractivity contribution in [1.29, 1.82) is 5.26 Å². The molecule has 12 rings (SSSR count). The number of rotatable bonds is 12. The zero-order valence-electron chi connectivity index (χ0n) is 54.2. The van der Waals surface area contributed by atoms with Gasteiger partial charge in [0.05, 0.1) is 19.1 Å². The SMILES string of the molecule is CC#N.CC(CC=O)c1c[nH]c2ccc(F)cc12.CC(CCO)c1c[nH]c2ccc(F)cc12.CC1(C)OC(=O)C(Cc2c[nH]c3ccc(F)cc23)C(=O)O1.CC1(C)OC(=O)CC(=O)O1.CC=O.CCOC(=O)CC(C)c1c[nH]c2ccc(F)cc12.Fc1ccc2[nH]ccc2c1. The van der Waals surface area contributed by atoms with Crippen molar-refractivity contribution >= 4 is 96.9 Å². The number of nitrogens with one attached hydrogen (secondary N) is 5. The van der Waals surface area contributed by atoms with Crippen LogP contribution in [0.3, 0.4) is 0 Å². The molecule has 0 spiro atoms. The summed E-state index contributed by atoms with van der Waals surface area (Å²) in [5.74, 6) is -6.81. The average molecular weight is 1320 g/mol. The lowest BCUT2D eigenvalue weighted by Crippen LogP contribution is -2.46. The number of esters is 5. The van der Waals surface area contributed by atoms with Gasteiger partial charge in [-0.25, -0.2) is 22.0 Å². The van der Waals surface area contributed by atoms with Crippen LogP contribution in [-0.4, -0.2) is 97.2 Å². The number of aromatic amines is 5. The average Bonchev–Trinajstić information content (AvgIpc) is 1.76. The molecule has 2 aliphatic heterocycles. The molecule has 7 heterocycles. The third-order valence-corrected chi connectivity index (χ3v) is 14.3. The Morgan fingerprint density at radius 3 is 1.43 bits per heavy atom. The topological polar surface area (TPSA) is 289 Å². The maximum atomic E-state index is 13.3.